The summed E-state index contributed by atoms with van der Waals surface area (Å²) >= 11 is 2.93. The fraction of sp³-hybridized carbons (Fsp3) is 0.400. The lowest BCUT2D eigenvalue weighted by Crippen LogP contribution is -2.28. The van der Waals surface area contributed by atoms with E-state index in [1.807, 2.05) is 18.4 Å². The fourth-order valence-electron chi connectivity index (χ4n) is 1.82. The fourth-order valence-corrected chi connectivity index (χ4v) is 3.53. The van der Waals surface area contributed by atoms with Crippen LogP contribution in [-0.4, -0.2) is 40.4 Å². The van der Waals surface area contributed by atoms with E-state index in [2.05, 4.69) is 10.5 Å². The average Bonchev–Trinajstić information content (AvgIpc) is 3.08. The second-order valence-electron chi connectivity index (χ2n) is 5.14. The summed E-state index contributed by atoms with van der Waals surface area (Å²) in [6, 6.07) is 3.69. The number of hydrogen-bond donors (Lipinski definition) is 1. The van der Waals surface area contributed by atoms with E-state index < -0.39 is 0 Å². The first-order valence-corrected chi connectivity index (χ1v) is 9.07. The molecule has 0 saturated carbocycles. The highest BCUT2D eigenvalue weighted by molar-refractivity contribution is 8.00. The van der Waals surface area contributed by atoms with E-state index in [-0.39, 0.29) is 23.3 Å². The minimum atomic E-state index is -0.201. The van der Waals surface area contributed by atoms with Gasteiger partial charge in [0.1, 0.15) is 5.76 Å². The van der Waals surface area contributed by atoms with Crippen LogP contribution in [0.15, 0.2) is 22.0 Å². The number of carbonyl (C=O) groups is 2. The van der Waals surface area contributed by atoms with Crippen LogP contribution in [0.5, 0.6) is 0 Å². The van der Waals surface area contributed by atoms with Crippen molar-refractivity contribution >= 4 is 40.7 Å². The number of amides is 2. The Morgan fingerprint density at radius 2 is 2.17 bits per heavy atom. The molecule has 23 heavy (non-hydrogen) atoms. The highest BCUT2D eigenvalue weighted by Crippen LogP contribution is 2.17. The summed E-state index contributed by atoms with van der Waals surface area (Å²) in [6.07, 6.45) is 0. The number of aromatic nitrogens is 1. The molecule has 2 aromatic heterocycles. The van der Waals surface area contributed by atoms with Crippen LogP contribution in [0.2, 0.25) is 0 Å². The average molecular weight is 353 g/mol. The van der Waals surface area contributed by atoms with Crippen LogP contribution in [0.1, 0.15) is 16.2 Å². The molecule has 2 aromatic rings. The van der Waals surface area contributed by atoms with Crippen LogP contribution in [0.25, 0.3) is 0 Å². The summed E-state index contributed by atoms with van der Waals surface area (Å²) in [5.74, 6) is 1.30. The van der Waals surface area contributed by atoms with Gasteiger partial charge >= 0.3 is 0 Å². The molecule has 0 aliphatic rings. The SMILES string of the molecule is Cc1cc(NC(=O)CSCC(=O)N(C)Cc2sccc2C)no1. The Balaban J connectivity index is 1.69. The normalized spacial score (nSPS) is 10.6. The topological polar surface area (TPSA) is 75.4 Å². The number of aryl methyl sites for hydroxylation is 2. The molecule has 124 valence electrons. The van der Waals surface area contributed by atoms with Gasteiger partial charge < -0.3 is 14.7 Å². The monoisotopic (exact) mass is 353 g/mol. The van der Waals surface area contributed by atoms with Crippen molar-refractivity contribution in [3.63, 3.8) is 0 Å². The molecule has 8 heteroatoms. The Bertz CT molecular complexity index is 681. The summed E-state index contributed by atoms with van der Waals surface area (Å²) in [5, 5.41) is 8.33. The lowest BCUT2D eigenvalue weighted by molar-refractivity contribution is -0.127. The molecule has 0 aliphatic heterocycles. The van der Waals surface area contributed by atoms with E-state index in [0.717, 1.165) is 0 Å². The molecule has 0 radical (unpaired) electrons. The summed E-state index contributed by atoms with van der Waals surface area (Å²) in [7, 11) is 1.78. The number of anilines is 1. The molecule has 2 heterocycles. The Morgan fingerprint density at radius 1 is 1.39 bits per heavy atom. The predicted molar refractivity (Wildman–Crippen MR) is 92.7 cm³/mol. The van der Waals surface area contributed by atoms with Gasteiger partial charge in [-0.05, 0) is 30.9 Å². The summed E-state index contributed by atoms with van der Waals surface area (Å²) in [6.45, 7) is 4.39. The Kier molecular flexibility index (Phi) is 6.23. The van der Waals surface area contributed by atoms with E-state index >= 15 is 0 Å². The van der Waals surface area contributed by atoms with Gasteiger partial charge in [-0.1, -0.05) is 5.16 Å². The largest absolute Gasteiger partial charge is 0.360 e. The van der Waals surface area contributed by atoms with Crippen molar-refractivity contribution in [2.24, 2.45) is 0 Å². The molecule has 0 bridgehead atoms. The molecule has 0 aliphatic carbocycles. The molecule has 2 amide bonds. The van der Waals surface area contributed by atoms with Gasteiger partial charge in [-0.3, -0.25) is 9.59 Å². The number of thioether (sulfide) groups is 1. The first-order valence-electron chi connectivity index (χ1n) is 7.03. The molecule has 0 spiro atoms. The van der Waals surface area contributed by atoms with Gasteiger partial charge in [-0.15, -0.1) is 23.1 Å². The minimum absolute atomic E-state index is 0.00730. The molecule has 2 rings (SSSR count). The third kappa shape index (κ3) is 5.40. The van der Waals surface area contributed by atoms with Crippen molar-refractivity contribution in [2.75, 3.05) is 23.9 Å². The van der Waals surface area contributed by atoms with Crippen molar-refractivity contribution in [3.8, 4) is 0 Å². The van der Waals surface area contributed by atoms with Crippen molar-refractivity contribution < 1.29 is 14.1 Å². The lowest BCUT2D eigenvalue weighted by atomic mass is 10.3. The number of carbonyl (C=O) groups excluding carboxylic acids is 2. The van der Waals surface area contributed by atoms with Gasteiger partial charge in [0.05, 0.1) is 18.1 Å². The van der Waals surface area contributed by atoms with Crippen molar-refractivity contribution in [1.29, 1.82) is 0 Å². The van der Waals surface area contributed by atoms with E-state index in [1.165, 1.54) is 22.2 Å². The van der Waals surface area contributed by atoms with Gasteiger partial charge in [-0.25, -0.2) is 0 Å². The summed E-state index contributed by atoms with van der Waals surface area (Å²) < 4.78 is 4.87. The molecule has 0 unspecified atom stereocenters. The third-order valence-corrected chi connectivity index (χ3v) is 5.05. The van der Waals surface area contributed by atoms with E-state index in [1.54, 1.807) is 36.3 Å². The van der Waals surface area contributed by atoms with Crippen LogP contribution in [0.3, 0.4) is 0 Å². The zero-order valence-corrected chi connectivity index (χ0v) is 14.9. The van der Waals surface area contributed by atoms with Crippen LogP contribution in [0, 0.1) is 13.8 Å². The highest BCUT2D eigenvalue weighted by Gasteiger charge is 2.13. The van der Waals surface area contributed by atoms with Crippen molar-refractivity contribution in [1.82, 2.24) is 10.1 Å². The van der Waals surface area contributed by atoms with Gasteiger partial charge in [0, 0.05) is 18.0 Å². The number of thiophene rings is 1. The molecule has 6 nitrogen and oxygen atoms in total. The summed E-state index contributed by atoms with van der Waals surface area (Å²) in [4.78, 5) is 26.7. The Hall–Kier alpha value is -1.80. The van der Waals surface area contributed by atoms with Crippen LogP contribution >= 0.6 is 23.1 Å². The lowest BCUT2D eigenvalue weighted by Gasteiger charge is -2.16. The van der Waals surface area contributed by atoms with Crippen LogP contribution in [-0.2, 0) is 16.1 Å². The number of hydrogen-bond acceptors (Lipinski definition) is 6. The van der Waals surface area contributed by atoms with Crippen LogP contribution in [0.4, 0.5) is 5.82 Å². The molecule has 1 N–H and O–H groups in total. The zero-order valence-electron chi connectivity index (χ0n) is 13.3. The molecule has 0 atom stereocenters. The van der Waals surface area contributed by atoms with Crippen molar-refractivity contribution in [3.05, 3.63) is 33.7 Å². The predicted octanol–water partition coefficient (Wildman–Crippen LogP) is 2.68. The number of nitrogens with zero attached hydrogens (tertiary/aromatic N) is 2. The summed E-state index contributed by atoms with van der Waals surface area (Å²) in [5.41, 5.74) is 1.20. The molecule has 0 saturated heterocycles. The third-order valence-electron chi connectivity index (χ3n) is 3.13. The van der Waals surface area contributed by atoms with Gasteiger partial charge in [0.2, 0.25) is 11.8 Å². The second kappa shape index (κ2) is 8.16. The molecule has 0 fully saturated rings. The van der Waals surface area contributed by atoms with E-state index in [0.29, 0.717) is 18.1 Å². The van der Waals surface area contributed by atoms with E-state index in [4.69, 9.17) is 4.52 Å². The molecular weight excluding hydrogens is 334 g/mol. The van der Waals surface area contributed by atoms with Gasteiger partial charge in [0.15, 0.2) is 5.82 Å². The van der Waals surface area contributed by atoms with Crippen LogP contribution < -0.4 is 5.32 Å². The van der Waals surface area contributed by atoms with Crippen molar-refractivity contribution in [2.45, 2.75) is 20.4 Å². The number of rotatable bonds is 7. The highest BCUT2D eigenvalue weighted by atomic mass is 32.2. The Morgan fingerprint density at radius 3 is 2.78 bits per heavy atom. The van der Waals surface area contributed by atoms with E-state index in [9.17, 15) is 9.59 Å². The Labute approximate surface area is 143 Å². The smallest absolute Gasteiger partial charge is 0.235 e. The maximum absolute atomic E-state index is 12.1. The van der Waals surface area contributed by atoms with Gasteiger partial charge in [0.25, 0.3) is 0 Å². The zero-order chi connectivity index (χ0) is 16.8. The minimum Gasteiger partial charge on any atom is -0.360 e. The standard InChI is InChI=1S/C15H19N3O3S2/c1-10-4-5-23-12(10)7-18(3)15(20)9-22-8-14(19)16-13-6-11(2)21-17-13/h4-6H,7-9H2,1-3H3,(H,16,17,19). The first kappa shape index (κ1) is 17.6. The first-order chi connectivity index (χ1) is 11.0. The molecule has 0 aromatic carbocycles. The molecular formula is C15H19N3O3S2. The quantitative estimate of drug-likeness (QED) is 0.828. The maximum Gasteiger partial charge on any atom is 0.235 e. The number of nitrogens with one attached hydrogen (secondary N) is 1. The maximum atomic E-state index is 12.1. The second-order valence-corrected chi connectivity index (χ2v) is 7.13. The van der Waals surface area contributed by atoms with Gasteiger partial charge in [-0.2, -0.15) is 0 Å².